The zero-order valence-corrected chi connectivity index (χ0v) is 42.4. The Morgan fingerprint density at radius 1 is 0.559 bits per heavy atom. The molecule has 14 heteroatoms. The van der Waals surface area contributed by atoms with Gasteiger partial charge in [-0.2, -0.15) is 0 Å². The summed E-state index contributed by atoms with van der Waals surface area (Å²) in [4.78, 5) is 49.8. The topological polar surface area (TPSA) is 137 Å². The summed E-state index contributed by atoms with van der Waals surface area (Å²) in [7, 11) is -0.990. The van der Waals surface area contributed by atoms with Gasteiger partial charge in [-0.25, -0.2) is 0 Å². The zero-order valence-electron chi connectivity index (χ0n) is 37.9. The van der Waals surface area contributed by atoms with Crippen LogP contribution in [0.25, 0.3) is 0 Å². The fourth-order valence-electron chi connectivity index (χ4n) is 6.99. The number of carbonyl (C=O) groups is 3. The van der Waals surface area contributed by atoms with E-state index in [0.29, 0.717) is 18.1 Å². The van der Waals surface area contributed by atoms with E-state index in [4.69, 9.17) is 23.3 Å². The van der Waals surface area contributed by atoms with Gasteiger partial charge < -0.3 is 28.2 Å². The molecule has 0 aromatic carbocycles. The molecule has 1 rings (SSSR count). The number of unbranched alkanes of at least 4 members (excludes halogenated alkanes) is 25. The van der Waals surface area contributed by atoms with Crippen LogP contribution in [0, 0.1) is 0 Å². The zero-order chi connectivity index (χ0) is 42.2. The van der Waals surface area contributed by atoms with E-state index in [2.05, 4.69) is 13.8 Å². The van der Waals surface area contributed by atoms with Crippen molar-refractivity contribution >= 4 is 47.3 Å². The Hall–Kier alpha value is 0.220. The average molecular weight is 903 g/mol. The van der Waals surface area contributed by atoms with Gasteiger partial charge in [0, 0.05) is 30.3 Å². The van der Waals surface area contributed by atoms with Gasteiger partial charge in [-0.1, -0.05) is 196 Å². The number of phosphoric acid groups is 1. The Morgan fingerprint density at radius 3 is 1.44 bits per heavy atom. The van der Waals surface area contributed by atoms with E-state index in [1.54, 1.807) is 0 Å². The molecule has 0 bridgehead atoms. The Labute approximate surface area is 390 Å². The van der Waals surface area contributed by atoms with Gasteiger partial charge in [-0.15, -0.1) is 0 Å². The summed E-state index contributed by atoms with van der Waals surface area (Å²) in [6.07, 6.45) is 34.8. The van der Waals surface area contributed by atoms with Crippen LogP contribution in [0.3, 0.4) is 0 Å². The Kier molecular flexibility index (Phi) is 43.6. The van der Waals surface area contributed by atoms with Crippen LogP contribution in [-0.2, 0) is 42.2 Å². The standard InChI is InChI=1S/C45H85O10PS2.Na/c1-3-5-7-9-11-13-15-17-19-21-23-25-27-32-44(47)52-39-41(55-45(48)34-28-26-24-22-20-18-16-14-12-10-8-6-4-2)40-54-56(49,50)53-37-36-51-43(46)33-30-29-31-42-35-38-57-58-42;/h41-42H,3-40H2,1-2H3,(H,49,50);/q;+1/p-1. The Balaban J connectivity index is 0.0000336. The molecule has 1 aliphatic rings. The molecule has 0 amide bonds. The first-order valence-electron chi connectivity index (χ1n) is 23.6. The third-order valence-corrected chi connectivity index (χ3v) is 14.6. The SMILES string of the molecule is CCCCCCCCCCCCCCCC(=O)OCC(COP(=O)([O-])OCCOC(=O)CCCCC1CCSS1)OC(=O)CCCCCCCCCCCCCCC.[Na+]. The first-order chi connectivity index (χ1) is 28.3. The second-order valence-corrected chi connectivity index (χ2v) is 20.3. The second-order valence-electron chi connectivity index (χ2n) is 16.2. The van der Waals surface area contributed by atoms with Crippen molar-refractivity contribution in [1.29, 1.82) is 0 Å². The van der Waals surface area contributed by atoms with Gasteiger partial charge in [0.15, 0.2) is 6.10 Å². The van der Waals surface area contributed by atoms with Crippen molar-refractivity contribution in [3.8, 4) is 0 Å². The van der Waals surface area contributed by atoms with E-state index >= 15 is 0 Å². The van der Waals surface area contributed by atoms with Crippen LogP contribution in [-0.4, -0.2) is 61.4 Å². The number of phosphoric ester groups is 1. The number of esters is 3. The number of hydrogen-bond acceptors (Lipinski definition) is 12. The van der Waals surface area contributed by atoms with Crippen LogP contribution < -0.4 is 34.5 Å². The normalized spacial score (nSPS) is 15.3. The van der Waals surface area contributed by atoms with Crippen LogP contribution in [0.15, 0.2) is 0 Å². The van der Waals surface area contributed by atoms with Crippen molar-refractivity contribution in [2.45, 2.75) is 237 Å². The Morgan fingerprint density at radius 2 is 0.983 bits per heavy atom. The first-order valence-corrected chi connectivity index (χ1v) is 27.5. The van der Waals surface area contributed by atoms with Crippen LogP contribution in [0.1, 0.15) is 226 Å². The fourth-order valence-corrected chi connectivity index (χ4v) is 10.7. The second kappa shape index (κ2) is 43.5. The van der Waals surface area contributed by atoms with Crippen LogP contribution in [0.2, 0.25) is 0 Å². The molecule has 1 fully saturated rings. The van der Waals surface area contributed by atoms with E-state index in [0.717, 1.165) is 51.4 Å². The van der Waals surface area contributed by atoms with Gasteiger partial charge in [0.1, 0.15) is 13.2 Å². The summed E-state index contributed by atoms with van der Waals surface area (Å²) in [5.41, 5.74) is 0. The molecule has 1 saturated heterocycles. The molecule has 1 heterocycles. The summed E-state index contributed by atoms with van der Waals surface area (Å²) >= 11 is 0. The third kappa shape index (κ3) is 40.7. The minimum Gasteiger partial charge on any atom is -0.756 e. The number of ether oxygens (including phenoxy) is 3. The molecule has 0 N–H and O–H groups in total. The van der Waals surface area contributed by atoms with E-state index in [9.17, 15) is 23.8 Å². The van der Waals surface area contributed by atoms with E-state index < -0.39 is 38.4 Å². The molecule has 0 radical (unpaired) electrons. The third-order valence-electron chi connectivity index (χ3n) is 10.6. The number of carbonyl (C=O) groups excluding carboxylic acids is 3. The molecule has 342 valence electrons. The van der Waals surface area contributed by atoms with Crippen molar-refractivity contribution in [2.75, 3.05) is 32.2 Å². The van der Waals surface area contributed by atoms with Crippen molar-refractivity contribution in [3.05, 3.63) is 0 Å². The molecule has 10 nitrogen and oxygen atoms in total. The maximum absolute atomic E-state index is 12.7. The van der Waals surface area contributed by atoms with Gasteiger partial charge >= 0.3 is 47.5 Å². The summed E-state index contributed by atoms with van der Waals surface area (Å²) in [5.74, 6) is -0.114. The molecular weight excluding hydrogens is 819 g/mol. The Bertz CT molecular complexity index is 1040. The minimum atomic E-state index is -4.81. The van der Waals surface area contributed by atoms with E-state index in [-0.39, 0.29) is 68.6 Å². The molecular formula is C45H84NaO10PS2. The molecule has 3 atom stereocenters. The number of hydrogen-bond donors (Lipinski definition) is 0. The smallest absolute Gasteiger partial charge is 0.756 e. The molecule has 3 unspecified atom stereocenters. The molecule has 0 aromatic heterocycles. The molecule has 0 spiro atoms. The fraction of sp³-hybridized carbons (Fsp3) is 0.933. The predicted octanol–water partition coefficient (Wildman–Crippen LogP) is 10.2. The van der Waals surface area contributed by atoms with Crippen molar-refractivity contribution in [3.63, 3.8) is 0 Å². The number of rotatable bonds is 43. The van der Waals surface area contributed by atoms with Crippen molar-refractivity contribution in [2.24, 2.45) is 0 Å². The van der Waals surface area contributed by atoms with Crippen LogP contribution in [0.4, 0.5) is 0 Å². The summed E-state index contributed by atoms with van der Waals surface area (Å²) in [6.45, 7) is 3.02. The van der Waals surface area contributed by atoms with Gasteiger partial charge in [0.05, 0.1) is 13.2 Å². The molecule has 0 aliphatic carbocycles. The largest absolute Gasteiger partial charge is 1.00 e. The summed E-state index contributed by atoms with van der Waals surface area (Å²) < 4.78 is 38.5. The van der Waals surface area contributed by atoms with Crippen molar-refractivity contribution in [1.82, 2.24) is 0 Å². The average Bonchev–Trinajstić information content (AvgIpc) is 3.73. The van der Waals surface area contributed by atoms with Gasteiger partial charge in [-0.3, -0.25) is 18.9 Å². The summed E-state index contributed by atoms with van der Waals surface area (Å²) in [6, 6.07) is 0. The summed E-state index contributed by atoms with van der Waals surface area (Å²) in [5, 5.41) is 0.661. The van der Waals surface area contributed by atoms with E-state index in [1.165, 1.54) is 134 Å². The first kappa shape index (κ1) is 59.2. The van der Waals surface area contributed by atoms with Gasteiger partial charge in [0.25, 0.3) is 7.82 Å². The van der Waals surface area contributed by atoms with E-state index in [1.807, 2.05) is 21.6 Å². The maximum Gasteiger partial charge on any atom is 1.00 e. The van der Waals surface area contributed by atoms with Crippen LogP contribution in [0.5, 0.6) is 0 Å². The van der Waals surface area contributed by atoms with Gasteiger partial charge in [0.2, 0.25) is 0 Å². The van der Waals surface area contributed by atoms with Crippen molar-refractivity contribution < 1.29 is 76.7 Å². The molecule has 1 aliphatic heterocycles. The predicted molar refractivity (Wildman–Crippen MR) is 239 cm³/mol. The monoisotopic (exact) mass is 903 g/mol. The molecule has 59 heavy (non-hydrogen) atoms. The minimum absolute atomic E-state index is 0. The maximum atomic E-state index is 12.7. The molecule has 0 saturated carbocycles. The van der Waals surface area contributed by atoms with Crippen LogP contribution >= 0.6 is 29.4 Å². The molecule has 0 aromatic rings. The van der Waals surface area contributed by atoms with Gasteiger partial charge in [-0.05, 0) is 32.1 Å². The quantitative estimate of drug-likeness (QED) is 0.0144.